The van der Waals surface area contributed by atoms with Gasteiger partial charge in [0.05, 0.1) is 0 Å². The highest BCUT2D eigenvalue weighted by Crippen LogP contribution is 2.29. The molecule has 18 heavy (non-hydrogen) atoms. The summed E-state index contributed by atoms with van der Waals surface area (Å²) in [5.74, 6) is -0.407. The lowest BCUT2D eigenvalue weighted by molar-refractivity contribution is 0.468. The van der Waals surface area contributed by atoms with Gasteiger partial charge in [-0.15, -0.1) is 0 Å². The fourth-order valence-corrected chi connectivity index (χ4v) is 2.52. The van der Waals surface area contributed by atoms with E-state index in [1.165, 1.54) is 17.3 Å². The summed E-state index contributed by atoms with van der Waals surface area (Å²) in [5, 5.41) is 9.40. The Hall–Kier alpha value is -2.03. The molecule has 0 saturated carbocycles. The summed E-state index contributed by atoms with van der Waals surface area (Å²) in [6, 6.07) is 12.5. The Morgan fingerprint density at radius 2 is 2.00 bits per heavy atom. The first-order valence-corrected chi connectivity index (χ1v) is 6.04. The highest BCUT2D eigenvalue weighted by atomic mass is 19.1. The second-order valence-electron chi connectivity index (χ2n) is 4.62. The van der Waals surface area contributed by atoms with Gasteiger partial charge in [0.1, 0.15) is 11.6 Å². The van der Waals surface area contributed by atoms with Gasteiger partial charge >= 0.3 is 0 Å². The van der Waals surface area contributed by atoms with Gasteiger partial charge in [0.25, 0.3) is 0 Å². The Balaban J connectivity index is 1.86. The number of hydrogen-bond donors (Lipinski definition) is 1. The zero-order chi connectivity index (χ0) is 12.5. The largest absolute Gasteiger partial charge is 0.508 e. The number of phenols is 1. The van der Waals surface area contributed by atoms with Crippen molar-refractivity contribution in [1.29, 1.82) is 0 Å². The van der Waals surface area contributed by atoms with Gasteiger partial charge in [-0.1, -0.05) is 18.2 Å². The molecule has 0 radical (unpaired) electrons. The third-order valence-corrected chi connectivity index (χ3v) is 3.30. The minimum Gasteiger partial charge on any atom is -0.508 e. The van der Waals surface area contributed by atoms with Crippen LogP contribution in [0.3, 0.4) is 0 Å². The van der Waals surface area contributed by atoms with Crippen molar-refractivity contribution < 1.29 is 9.50 Å². The third-order valence-electron chi connectivity index (χ3n) is 3.30. The van der Waals surface area contributed by atoms with E-state index in [1.54, 1.807) is 6.07 Å². The van der Waals surface area contributed by atoms with Gasteiger partial charge < -0.3 is 10.0 Å². The topological polar surface area (TPSA) is 23.5 Å². The molecule has 0 aliphatic carbocycles. The Bertz CT molecular complexity index is 562. The minimum absolute atomic E-state index is 0.0162. The quantitative estimate of drug-likeness (QED) is 0.876. The number of para-hydroxylation sites is 1. The Morgan fingerprint density at radius 1 is 1.17 bits per heavy atom. The van der Waals surface area contributed by atoms with Crippen LogP contribution < -0.4 is 4.90 Å². The van der Waals surface area contributed by atoms with Crippen LogP contribution >= 0.6 is 0 Å². The monoisotopic (exact) mass is 243 g/mol. The maximum absolute atomic E-state index is 13.2. The van der Waals surface area contributed by atoms with Crippen LogP contribution in [-0.2, 0) is 13.0 Å². The minimum atomic E-state index is -0.391. The summed E-state index contributed by atoms with van der Waals surface area (Å²) in [4.78, 5) is 2.21. The van der Waals surface area contributed by atoms with Crippen molar-refractivity contribution in [1.82, 2.24) is 0 Å². The highest BCUT2D eigenvalue weighted by molar-refractivity contribution is 5.58. The summed E-state index contributed by atoms with van der Waals surface area (Å²) in [5.41, 5.74) is 3.34. The van der Waals surface area contributed by atoms with E-state index >= 15 is 0 Å². The van der Waals surface area contributed by atoms with Gasteiger partial charge in [0.15, 0.2) is 0 Å². The van der Waals surface area contributed by atoms with Crippen LogP contribution in [0.15, 0.2) is 42.5 Å². The number of anilines is 1. The van der Waals surface area contributed by atoms with Gasteiger partial charge in [-0.05, 0) is 35.7 Å². The summed E-state index contributed by atoms with van der Waals surface area (Å²) in [6.45, 7) is 1.57. The zero-order valence-corrected chi connectivity index (χ0v) is 9.94. The average Bonchev–Trinajstić information content (AvgIpc) is 2.72. The molecule has 1 N–H and O–H groups in total. The summed E-state index contributed by atoms with van der Waals surface area (Å²) in [7, 11) is 0. The molecule has 0 bridgehead atoms. The molecule has 92 valence electrons. The lowest BCUT2D eigenvalue weighted by Gasteiger charge is -2.19. The van der Waals surface area contributed by atoms with Crippen molar-refractivity contribution in [2.75, 3.05) is 11.4 Å². The van der Waals surface area contributed by atoms with Crippen molar-refractivity contribution in [2.45, 2.75) is 13.0 Å². The second kappa shape index (κ2) is 4.33. The van der Waals surface area contributed by atoms with E-state index in [0.717, 1.165) is 24.6 Å². The van der Waals surface area contributed by atoms with E-state index in [4.69, 9.17) is 0 Å². The van der Waals surface area contributed by atoms with Crippen LogP contribution in [0.25, 0.3) is 0 Å². The number of benzene rings is 2. The van der Waals surface area contributed by atoms with Crippen LogP contribution in [0.1, 0.15) is 11.1 Å². The van der Waals surface area contributed by atoms with Crippen molar-refractivity contribution in [3.8, 4) is 5.75 Å². The maximum atomic E-state index is 13.2. The number of halogens is 1. The number of phenolic OH excluding ortho intramolecular Hbond substituents is 1. The van der Waals surface area contributed by atoms with Gasteiger partial charge in [-0.3, -0.25) is 0 Å². The fourth-order valence-electron chi connectivity index (χ4n) is 2.52. The first-order chi connectivity index (χ1) is 8.72. The molecular weight excluding hydrogens is 229 g/mol. The second-order valence-corrected chi connectivity index (χ2v) is 4.62. The van der Waals surface area contributed by atoms with E-state index in [2.05, 4.69) is 17.0 Å². The molecule has 0 fully saturated rings. The van der Waals surface area contributed by atoms with Gasteiger partial charge in [-0.25, -0.2) is 4.39 Å². The molecule has 0 unspecified atom stereocenters. The van der Waals surface area contributed by atoms with Crippen LogP contribution in [0.5, 0.6) is 5.75 Å². The van der Waals surface area contributed by atoms with Crippen molar-refractivity contribution in [3.05, 3.63) is 59.4 Å². The number of fused-ring (bicyclic) bond motifs is 1. The molecule has 0 aromatic heterocycles. The maximum Gasteiger partial charge on any atom is 0.127 e. The first kappa shape index (κ1) is 11.1. The summed E-state index contributed by atoms with van der Waals surface area (Å²) < 4.78 is 13.2. The zero-order valence-electron chi connectivity index (χ0n) is 9.94. The van der Waals surface area contributed by atoms with Crippen LogP contribution in [-0.4, -0.2) is 11.7 Å². The Morgan fingerprint density at radius 3 is 2.83 bits per heavy atom. The van der Waals surface area contributed by atoms with Crippen LogP contribution in [0.2, 0.25) is 0 Å². The molecule has 0 saturated heterocycles. The van der Waals surface area contributed by atoms with E-state index in [1.807, 2.05) is 12.1 Å². The number of rotatable bonds is 2. The average molecular weight is 243 g/mol. The van der Waals surface area contributed by atoms with E-state index in [0.29, 0.717) is 6.54 Å². The van der Waals surface area contributed by atoms with E-state index < -0.39 is 5.82 Å². The molecule has 0 amide bonds. The standard InChI is InChI=1S/C15H14FNO/c16-13-7-11(8-14(18)9-13)10-17-6-5-12-3-1-2-4-15(12)17/h1-4,7-9,18H,5-6,10H2. The normalized spacial score (nSPS) is 13.7. The smallest absolute Gasteiger partial charge is 0.127 e. The molecule has 1 heterocycles. The first-order valence-electron chi connectivity index (χ1n) is 6.04. The molecule has 1 aliphatic rings. The van der Waals surface area contributed by atoms with Gasteiger partial charge in [0.2, 0.25) is 0 Å². The van der Waals surface area contributed by atoms with E-state index in [-0.39, 0.29) is 5.75 Å². The lowest BCUT2D eigenvalue weighted by Crippen LogP contribution is -2.19. The number of aromatic hydroxyl groups is 1. The molecule has 2 nitrogen and oxygen atoms in total. The van der Waals surface area contributed by atoms with Crippen LogP contribution in [0.4, 0.5) is 10.1 Å². The SMILES string of the molecule is Oc1cc(F)cc(CN2CCc3ccccc32)c1. The molecule has 2 aromatic carbocycles. The Labute approximate surface area is 105 Å². The Kier molecular flexibility index (Phi) is 2.67. The predicted octanol–water partition coefficient (Wildman–Crippen LogP) is 3.09. The molecule has 0 spiro atoms. The van der Waals surface area contributed by atoms with Crippen molar-refractivity contribution >= 4 is 5.69 Å². The number of nitrogens with zero attached hydrogens (tertiary/aromatic N) is 1. The molecule has 3 rings (SSSR count). The third kappa shape index (κ3) is 2.04. The molecule has 2 aromatic rings. The molecule has 1 aliphatic heterocycles. The van der Waals surface area contributed by atoms with Gasteiger partial charge in [0, 0.05) is 24.8 Å². The van der Waals surface area contributed by atoms with Crippen LogP contribution in [0, 0.1) is 5.82 Å². The lowest BCUT2D eigenvalue weighted by atomic mass is 10.1. The van der Waals surface area contributed by atoms with Gasteiger partial charge in [-0.2, -0.15) is 0 Å². The summed E-state index contributed by atoms with van der Waals surface area (Å²) >= 11 is 0. The highest BCUT2D eigenvalue weighted by Gasteiger charge is 2.18. The van der Waals surface area contributed by atoms with E-state index in [9.17, 15) is 9.50 Å². The fraction of sp³-hybridized carbons (Fsp3) is 0.200. The van der Waals surface area contributed by atoms with Crippen molar-refractivity contribution in [2.24, 2.45) is 0 Å². The predicted molar refractivity (Wildman–Crippen MR) is 69.3 cm³/mol. The molecule has 3 heteroatoms. The summed E-state index contributed by atoms with van der Waals surface area (Å²) in [6.07, 6.45) is 1.03. The molecule has 0 atom stereocenters. The van der Waals surface area contributed by atoms with Crippen molar-refractivity contribution in [3.63, 3.8) is 0 Å². The number of hydrogen-bond acceptors (Lipinski definition) is 2. The molecular formula is C15H14FNO.